The highest BCUT2D eigenvalue weighted by Crippen LogP contribution is 2.10. The van der Waals surface area contributed by atoms with E-state index in [9.17, 15) is 14.7 Å². The summed E-state index contributed by atoms with van der Waals surface area (Å²) in [5.41, 5.74) is 0.921. The van der Waals surface area contributed by atoms with Crippen LogP contribution in [0.15, 0.2) is 39.9 Å². The lowest BCUT2D eigenvalue weighted by Gasteiger charge is -2.19. The number of H-pyrrole nitrogens is 1. The van der Waals surface area contributed by atoms with Crippen molar-refractivity contribution in [2.45, 2.75) is 58.5 Å². The SMILES string of the molecule is Cc1c(CC(O)COCc2ccccc2)n(COCC[Si](C)(C)C)c(=O)[nH]c1=O. The van der Waals surface area contributed by atoms with Crippen molar-refractivity contribution in [2.75, 3.05) is 13.2 Å². The second-order valence-corrected chi connectivity index (χ2v) is 14.1. The Hall–Kier alpha value is -2.00. The minimum absolute atomic E-state index is 0.0495. The maximum atomic E-state index is 12.3. The zero-order chi connectivity index (χ0) is 21.4. The number of benzene rings is 1. The van der Waals surface area contributed by atoms with Gasteiger partial charge in [-0.1, -0.05) is 50.0 Å². The van der Waals surface area contributed by atoms with Crippen molar-refractivity contribution >= 4 is 8.07 Å². The Kier molecular flexibility index (Phi) is 8.57. The van der Waals surface area contributed by atoms with Gasteiger partial charge in [0.15, 0.2) is 0 Å². The van der Waals surface area contributed by atoms with E-state index in [-0.39, 0.29) is 19.8 Å². The van der Waals surface area contributed by atoms with Crippen molar-refractivity contribution in [3.63, 3.8) is 0 Å². The summed E-state index contributed by atoms with van der Waals surface area (Å²) < 4.78 is 12.7. The van der Waals surface area contributed by atoms with Crippen LogP contribution in [-0.2, 0) is 29.2 Å². The molecule has 0 aliphatic carbocycles. The minimum Gasteiger partial charge on any atom is -0.390 e. The monoisotopic (exact) mass is 420 g/mol. The van der Waals surface area contributed by atoms with Gasteiger partial charge >= 0.3 is 5.69 Å². The lowest BCUT2D eigenvalue weighted by Crippen LogP contribution is -2.37. The van der Waals surface area contributed by atoms with Crippen LogP contribution in [0.25, 0.3) is 0 Å². The fraction of sp³-hybridized carbons (Fsp3) is 0.524. The first-order valence-corrected chi connectivity index (χ1v) is 13.6. The Balaban J connectivity index is 2.01. The van der Waals surface area contributed by atoms with Crippen LogP contribution in [0, 0.1) is 6.92 Å². The van der Waals surface area contributed by atoms with Gasteiger partial charge in [0.2, 0.25) is 0 Å². The molecule has 29 heavy (non-hydrogen) atoms. The van der Waals surface area contributed by atoms with Crippen molar-refractivity contribution < 1.29 is 14.6 Å². The number of rotatable bonds is 11. The van der Waals surface area contributed by atoms with E-state index in [2.05, 4.69) is 24.6 Å². The number of aromatic amines is 1. The number of aromatic nitrogens is 2. The molecule has 0 radical (unpaired) electrons. The first kappa shape index (κ1) is 23.3. The highest BCUT2D eigenvalue weighted by Gasteiger charge is 2.17. The molecule has 7 nitrogen and oxygen atoms in total. The summed E-state index contributed by atoms with van der Waals surface area (Å²) >= 11 is 0. The predicted molar refractivity (Wildman–Crippen MR) is 116 cm³/mol. The summed E-state index contributed by atoms with van der Waals surface area (Å²) in [6.07, 6.45) is -0.705. The van der Waals surface area contributed by atoms with E-state index >= 15 is 0 Å². The normalized spacial score (nSPS) is 12.9. The average Bonchev–Trinajstić information content (AvgIpc) is 2.65. The van der Waals surface area contributed by atoms with Crippen LogP contribution in [0.1, 0.15) is 16.8 Å². The summed E-state index contributed by atoms with van der Waals surface area (Å²) in [5, 5.41) is 10.4. The van der Waals surface area contributed by atoms with E-state index in [1.165, 1.54) is 4.57 Å². The van der Waals surface area contributed by atoms with Crippen molar-refractivity contribution in [3.05, 3.63) is 68.0 Å². The molecule has 160 valence electrons. The summed E-state index contributed by atoms with van der Waals surface area (Å²) in [6.45, 7) is 9.50. The summed E-state index contributed by atoms with van der Waals surface area (Å²) in [7, 11) is -1.24. The topological polar surface area (TPSA) is 93.6 Å². The fourth-order valence-corrected chi connectivity index (χ4v) is 3.57. The van der Waals surface area contributed by atoms with Crippen LogP contribution in [0.3, 0.4) is 0 Å². The molecule has 1 heterocycles. The van der Waals surface area contributed by atoms with Gasteiger partial charge in [-0.3, -0.25) is 14.3 Å². The lowest BCUT2D eigenvalue weighted by molar-refractivity contribution is 0.0258. The van der Waals surface area contributed by atoms with Gasteiger partial charge in [0.05, 0.1) is 19.3 Å². The van der Waals surface area contributed by atoms with Crippen molar-refractivity contribution in [1.82, 2.24) is 9.55 Å². The van der Waals surface area contributed by atoms with E-state index < -0.39 is 25.4 Å². The average molecular weight is 421 g/mol. The second-order valence-electron chi connectivity index (χ2n) is 8.47. The predicted octanol–water partition coefficient (Wildman–Crippen LogP) is 2.28. The van der Waals surface area contributed by atoms with Gasteiger partial charge < -0.3 is 14.6 Å². The van der Waals surface area contributed by atoms with E-state index in [1.54, 1.807) is 6.92 Å². The van der Waals surface area contributed by atoms with Gasteiger partial charge in [-0.2, -0.15) is 0 Å². The Bertz CT molecular complexity index is 887. The van der Waals surface area contributed by atoms with Crippen LogP contribution < -0.4 is 11.2 Å². The van der Waals surface area contributed by atoms with Crippen LogP contribution in [0.2, 0.25) is 25.7 Å². The number of nitrogens with one attached hydrogen (secondary N) is 1. The van der Waals surface area contributed by atoms with Gasteiger partial charge in [-0.25, -0.2) is 4.79 Å². The zero-order valence-electron chi connectivity index (χ0n) is 17.7. The number of hydrogen-bond acceptors (Lipinski definition) is 5. The summed E-state index contributed by atoms with van der Waals surface area (Å²) in [5.74, 6) is 0. The molecule has 0 saturated carbocycles. The minimum atomic E-state index is -1.24. The molecule has 0 amide bonds. The number of nitrogens with zero attached hydrogens (tertiary/aromatic N) is 1. The standard InChI is InChI=1S/C21H32N2O5Si/c1-16-19(12-18(24)14-28-13-17-8-6-5-7-9-17)23(21(26)22-20(16)25)15-27-10-11-29(2,3)4/h5-9,18,24H,10-15H2,1-4H3,(H,22,25,26). The molecule has 0 fully saturated rings. The molecule has 1 aromatic heterocycles. The van der Waals surface area contributed by atoms with E-state index in [4.69, 9.17) is 9.47 Å². The molecule has 0 bridgehead atoms. The summed E-state index contributed by atoms with van der Waals surface area (Å²) in [6, 6.07) is 10.7. The first-order valence-electron chi connectivity index (χ1n) is 9.87. The smallest absolute Gasteiger partial charge is 0.330 e. The van der Waals surface area contributed by atoms with Crippen LogP contribution in [-0.4, -0.2) is 42.0 Å². The number of aliphatic hydroxyl groups is 1. The van der Waals surface area contributed by atoms with E-state index in [0.717, 1.165) is 11.6 Å². The Morgan fingerprint density at radius 1 is 1.14 bits per heavy atom. The van der Waals surface area contributed by atoms with E-state index in [1.807, 2.05) is 30.3 Å². The molecular formula is C21H32N2O5Si. The third-order valence-electron chi connectivity index (χ3n) is 4.63. The molecule has 0 spiro atoms. The molecule has 2 rings (SSSR count). The molecule has 1 unspecified atom stereocenters. The molecule has 1 aromatic carbocycles. The van der Waals surface area contributed by atoms with Gasteiger partial charge in [0.25, 0.3) is 5.56 Å². The van der Waals surface area contributed by atoms with Crippen molar-refractivity contribution in [2.24, 2.45) is 0 Å². The largest absolute Gasteiger partial charge is 0.390 e. The molecule has 2 aromatic rings. The Morgan fingerprint density at radius 2 is 1.83 bits per heavy atom. The van der Waals surface area contributed by atoms with Crippen LogP contribution in [0.5, 0.6) is 0 Å². The highest BCUT2D eigenvalue weighted by atomic mass is 28.3. The molecule has 8 heteroatoms. The molecule has 0 saturated heterocycles. The van der Waals surface area contributed by atoms with Gasteiger partial charge in [-0.05, 0) is 18.5 Å². The van der Waals surface area contributed by atoms with Gasteiger partial charge in [0, 0.05) is 32.4 Å². The quantitative estimate of drug-likeness (QED) is 0.430. The van der Waals surface area contributed by atoms with Crippen molar-refractivity contribution in [3.8, 4) is 0 Å². The third-order valence-corrected chi connectivity index (χ3v) is 6.34. The lowest BCUT2D eigenvalue weighted by atomic mass is 10.1. The van der Waals surface area contributed by atoms with E-state index in [0.29, 0.717) is 24.5 Å². The molecular weight excluding hydrogens is 388 g/mol. The Labute approximate surface area is 172 Å². The molecule has 1 atom stereocenters. The van der Waals surface area contributed by atoms with Crippen LogP contribution >= 0.6 is 0 Å². The number of ether oxygens (including phenoxy) is 2. The molecule has 0 aliphatic rings. The second kappa shape index (κ2) is 10.7. The van der Waals surface area contributed by atoms with Gasteiger partial charge in [-0.15, -0.1) is 0 Å². The molecule has 0 aliphatic heterocycles. The summed E-state index contributed by atoms with van der Waals surface area (Å²) in [4.78, 5) is 26.7. The number of hydrogen-bond donors (Lipinski definition) is 2. The van der Waals surface area contributed by atoms with Gasteiger partial charge in [0.1, 0.15) is 6.73 Å². The highest BCUT2D eigenvalue weighted by molar-refractivity contribution is 6.76. The zero-order valence-corrected chi connectivity index (χ0v) is 18.7. The van der Waals surface area contributed by atoms with Crippen molar-refractivity contribution in [1.29, 1.82) is 0 Å². The number of aliphatic hydroxyl groups excluding tert-OH is 1. The third kappa shape index (κ3) is 7.73. The molecule has 2 N–H and O–H groups in total. The van der Waals surface area contributed by atoms with Crippen LogP contribution in [0.4, 0.5) is 0 Å². The maximum Gasteiger partial charge on any atom is 0.330 e. The Morgan fingerprint density at radius 3 is 2.48 bits per heavy atom. The fourth-order valence-electron chi connectivity index (χ4n) is 2.82. The maximum absolute atomic E-state index is 12.3. The first-order chi connectivity index (χ1) is 13.7.